The third kappa shape index (κ3) is 4.55. The van der Waals surface area contributed by atoms with Crippen LogP contribution in [0.2, 0.25) is 0 Å². The maximum Gasteiger partial charge on any atom is 0.225 e. The Bertz CT molecular complexity index is 909. The summed E-state index contributed by atoms with van der Waals surface area (Å²) in [6, 6.07) is 12.3. The maximum absolute atomic E-state index is 14.0. The van der Waals surface area contributed by atoms with Crippen molar-refractivity contribution in [3.63, 3.8) is 0 Å². The monoisotopic (exact) mass is 372 g/mol. The normalized spacial score (nSPS) is 11.9. The van der Waals surface area contributed by atoms with E-state index < -0.39 is 23.1 Å². The highest BCUT2D eigenvalue weighted by Crippen LogP contribution is 2.27. The van der Waals surface area contributed by atoms with Crippen LogP contribution in [-0.4, -0.2) is 16.0 Å². The van der Waals surface area contributed by atoms with E-state index in [1.54, 1.807) is 6.07 Å². The van der Waals surface area contributed by atoms with Gasteiger partial charge in [0.05, 0.1) is 5.69 Å². The molecule has 4 nitrogen and oxygen atoms in total. The van der Waals surface area contributed by atoms with Crippen LogP contribution in [0.5, 0.6) is 0 Å². The molecule has 2 aromatic carbocycles. The molecule has 0 fully saturated rings. The topological polar surface area (TPSA) is 49.8 Å². The number of benzene rings is 2. The minimum Gasteiger partial charge on any atom is -0.352 e. The smallest absolute Gasteiger partial charge is 0.225 e. The van der Waals surface area contributed by atoms with Gasteiger partial charge in [0.15, 0.2) is 11.6 Å². The lowest BCUT2D eigenvalue weighted by Gasteiger charge is -2.15. The molecule has 0 aliphatic carbocycles. The van der Waals surface area contributed by atoms with E-state index in [4.69, 9.17) is 0 Å². The standard InChI is InChI=1S/C20H19F3N4/c1-3-12(2)24-20-25-17(13-7-5-4-6-8-13)11-18(27-20)26-19-15(22)9-14(21)10-16(19)23/h4-12H,3H2,1-2H3,(H2,24,25,26,27)/t12-/m1/s1. The molecule has 0 spiro atoms. The second-order valence-corrected chi connectivity index (χ2v) is 6.15. The van der Waals surface area contributed by atoms with Gasteiger partial charge in [-0.3, -0.25) is 0 Å². The summed E-state index contributed by atoms with van der Waals surface area (Å²) < 4.78 is 41.1. The van der Waals surface area contributed by atoms with E-state index in [1.165, 1.54) is 0 Å². The fourth-order valence-electron chi connectivity index (χ4n) is 2.44. The van der Waals surface area contributed by atoms with Gasteiger partial charge < -0.3 is 10.6 Å². The quantitative estimate of drug-likeness (QED) is 0.599. The summed E-state index contributed by atoms with van der Waals surface area (Å²) in [5.41, 5.74) is 0.945. The molecule has 1 atom stereocenters. The van der Waals surface area contributed by atoms with Crippen LogP contribution in [0, 0.1) is 17.5 Å². The Kier molecular flexibility index (Phi) is 5.59. The largest absolute Gasteiger partial charge is 0.352 e. The molecule has 0 amide bonds. The van der Waals surface area contributed by atoms with Crippen LogP contribution in [0.25, 0.3) is 11.3 Å². The predicted molar refractivity (Wildman–Crippen MR) is 100 cm³/mol. The minimum absolute atomic E-state index is 0.114. The highest BCUT2D eigenvalue weighted by molar-refractivity contribution is 5.67. The summed E-state index contributed by atoms with van der Waals surface area (Å²) in [5, 5.41) is 5.76. The van der Waals surface area contributed by atoms with Gasteiger partial charge in [-0.1, -0.05) is 37.3 Å². The lowest BCUT2D eigenvalue weighted by Crippen LogP contribution is -2.16. The third-order valence-corrected chi connectivity index (χ3v) is 4.04. The number of nitrogens with zero attached hydrogens (tertiary/aromatic N) is 2. The summed E-state index contributed by atoms with van der Waals surface area (Å²) in [7, 11) is 0. The van der Waals surface area contributed by atoms with Crippen molar-refractivity contribution in [2.75, 3.05) is 10.6 Å². The molecule has 0 bridgehead atoms. The number of hydrogen-bond acceptors (Lipinski definition) is 4. The molecule has 0 radical (unpaired) electrons. The number of rotatable bonds is 6. The fraction of sp³-hybridized carbons (Fsp3) is 0.200. The lowest BCUT2D eigenvalue weighted by atomic mass is 10.1. The van der Waals surface area contributed by atoms with Crippen LogP contribution >= 0.6 is 0 Å². The van der Waals surface area contributed by atoms with Crippen molar-refractivity contribution < 1.29 is 13.2 Å². The van der Waals surface area contributed by atoms with E-state index in [9.17, 15) is 13.2 Å². The van der Waals surface area contributed by atoms with E-state index in [2.05, 4.69) is 20.6 Å². The number of anilines is 3. The van der Waals surface area contributed by atoms with Gasteiger partial charge in [-0.2, -0.15) is 4.98 Å². The Labute approximate surface area is 155 Å². The summed E-state index contributed by atoms with van der Waals surface area (Å²) in [5.74, 6) is -2.54. The zero-order valence-electron chi connectivity index (χ0n) is 14.9. The van der Waals surface area contributed by atoms with E-state index in [1.807, 2.05) is 44.2 Å². The van der Waals surface area contributed by atoms with E-state index in [0.29, 0.717) is 23.8 Å². The van der Waals surface area contributed by atoms with Gasteiger partial charge in [-0.15, -0.1) is 0 Å². The molecule has 0 saturated heterocycles. The fourth-order valence-corrected chi connectivity index (χ4v) is 2.44. The Morgan fingerprint density at radius 2 is 1.63 bits per heavy atom. The van der Waals surface area contributed by atoms with Crippen molar-refractivity contribution in [3.05, 3.63) is 66.0 Å². The van der Waals surface area contributed by atoms with Crippen molar-refractivity contribution in [1.82, 2.24) is 9.97 Å². The number of aromatic nitrogens is 2. The molecule has 7 heteroatoms. The molecule has 3 aromatic rings. The van der Waals surface area contributed by atoms with E-state index in [-0.39, 0.29) is 11.9 Å². The maximum atomic E-state index is 14.0. The van der Waals surface area contributed by atoms with Crippen LogP contribution in [0.3, 0.4) is 0 Å². The second kappa shape index (κ2) is 8.07. The van der Waals surface area contributed by atoms with Gasteiger partial charge in [0.2, 0.25) is 5.95 Å². The van der Waals surface area contributed by atoms with E-state index in [0.717, 1.165) is 12.0 Å². The molecule has 0 aliphatic rings. The molecule has 1 aromatic heterocycles. The highest BCUT2D eigenvalue weighted by atomic mass is 19.1. The van der Waals surface area contributed by atoms with Crippen LogP contribution < -0.4 is 10.6 Å². The van der Waals surface area contributed by atoms with Gasteiger partial charge in [0, 0.05) is 29.8 Å². The molecule has 27 heavy (non-hydrogen) atoms. The summed E-state index contributed by atoms with van der Waals surface area (Å²) in [6.07, 6.45) is 0.850. The van der Waals surface area contributed by atoms with Gasteiger partial charge >= 0.3 is 0 Å². The Morgan fingerprint density at radius 3 is 2.26 bits per heavy atom. The first-order chi connectivity index (χ1) is 13.0. The van der Waals surface area contributed by atoms with Gasteiger partial charge in [-0.05, 0) is 13.3 Å². The van der Waals surface area contributed by atoms with E-state index >= 15 is 0 Å². The summed E-state index contributed by atoms with van der Waals surface area (Å²) >= 11 is 0. The molecule has 3 rings (SSSR count). The Hall–Kier alpha value is -3.09. The highest BCUT2D eigenvalue weighted by Gasteiger charge is 2.14. The van der Waals surface area contributed by atoms with Crippen LogP contribution in [0.4, 0.5) is 30.6 Å². The predicted octanol–water partition coefficient (Wildman–Crippen LogP) is 5.51. The third-order valence-electron chi connectivity index (χ3n) is 4.04. The van der Waals surface area contributed by atoms with Gasteiger partial charge in [0.1, 0.15) is 17.3 Å². The lowest BCUT2D eigenvalue weighted by molar-refractivity contribution is 0.548. The van der Waals surface area contributed by atoms with Crippen molar-refractivity contribution in [3.8, 4) is 11.3 Å². The van der Waals surface area contributed by atoms with Crippen molar-refractivity contribution in [2.24, 2.45) is 0 Å². The molecular formula is C20H19F3N4. The first-order valence-electron chi connectivity index (χ1n) is 8.59. The zero-order chi connectivity index (χ0) is 19.4. The summed E-state index contributed by atoms with van der Waals surface area (Å²) in [4.78, 5) is 8.77. The number of halogens is 3. The second-order valence-electron chi connectivity index (χ2n) is 6.15. The van der Waals surface area contributed by atoms with Crippen LogP contribution in [0.1, 0.15) is 20.3 Å². The first-order valence-corrected chi connectivity index (χ1v) is 8.59. The zero-order valence-corrected chi connectivity index (χ0v) is 14.9. The number of nitrogens with one attached hydrogen (secondary N) is 2. The SMILES string of the molecule is CC[C@@H](C)Nc1nc(Nc2c(F)cc(F)cc2F)cc(-c2ccccc2)n1. The molecule has 0 aliphatic heterocycles. The average Bonchev–Trinajstić information content (AvgIpc) is 2.65. The number of hydrogen-bond donors (Lipinski definition) is 2. The first kappa shape index (κ1) is 18.7. The molecule has 0 unspecified atom stereocenters. The van der Waals surface area contributed by atoms with Gasteiger partial charge in [-0.25, -0.2) is 18.2 Å². The van der Waals surface area contributed by atoms with Gasteiger partial charge in [0.25, 0.3) is 0 Å². The minimum atomic E-state index is -1.04. The van der Waals surface area contributed by atoms with Crippen LogP contribution in [0.15, 0.2) is 48.5 Å². The molecule has 0 saturated carbocycles. The average molecular weight is 372 g/mol. The van der Waals surface area contributed by atoms with Crippen molar-refractivity contribution >= 4 is 17.5 Å². The molecule has 2 N–H and O–H groups in total. The summed E-state index contributed by atoms with van der Waals surface area (Å²) in [6.45, 7) is 3.99. The van der Waals surface area contributed by atoms with Crippen molar-refractivity contribution in [2.45, 2.75) is 26.3 Å². The molecule has 140 valence electrons. The Morgan fingerprint density at radius 1 is 0.963 bits per heavy atom. The van der Waals surface area contributed by atoms with Crippen molar-refractivity contribution in [1.29, 1.82) is 0 Å². The molecular weight excluding hydrogens is 353 g/mol. The van der Waals surface area contributed by atoms with Crippen LogP contribution in [-0.2, 0) is 0 Å². The molecule has 1 heterocycles. The Balaban J connectivity index is 2.02.